The van der Waals surface area contributed by atoms with Gasteiger partial charge in [-0.2, -0.15) is 0 Å². The van der Waals surface area contributed by atoms with Crippen molar-refractivity contribution in [1.29, 1.82) is 0 Å². The third-order valence-corrected chi connectivity index (χ3v) is 7.62. The Bertz CT molecular complexity index is 525. The molecular formula is C33H65NO4. The molecule has 1 amide bonds. The maximum Gasteiger partial charge on any atom is 0.220 e. The van der Waals surface area contributed by atoms with E-state index in [0.29, 0.717) is 12.8 Å². The number of allylic oxidation sites excluding steroid dienone is 2. The van der Waals surface area contributed by atoms with Gasteiger partial charge in [-0.3, -0.25) is 4.79 Å². The minimum absolute atomic E-state index is 0.156. The minimum Gasteiger partial charge on any atom is -0.394 e. The van der Waals surface area contributed by atoms with E-state index in [4.69, 9.17) is 0 Å². The van der Waals surface area contributed by atoms with E-state index in [1.54, 1.807) is 0 Å². The molecule has 0 aromatic carbocycles. The van der Waals surface area contributed by atoms with Crippen molar-refractivity contribution < 1.29 is 20.1 Å². The summed E-state index contributed by atoms with van der Waals surface area (Å²) in [4.78, 5) is 12.3. The average molecular weight is 540 g/mol. The smallest absolute Gasteiger partial charge is 0.220 e. The lowest BCUT2D eigenvalue weighted by Gasteiger charge is -2.26. The van der Waals surface area contributed by atoms with Crippen LogP contribution in [0.15, 0.2) is 12.2 Å². The molecule has 0 radical (unpaired) electrons. The monoisotopic (exact) mass is 539 g/mol. The first kappa shape index (κ1) is 37.1. The predicted octanol–water partition coefficient (Wildman–Crippen LogP) is 8.14. The summed E-state index contributed by atoms with van der Waals surface area (Å²) < 4.78 is 0. The largest absolute Gasteiger partial charge is 0.394 e. The number of rotatable bonds is 29. The first-order valence-electron chi connectivity index (χ1n) is 16.5. The van der Waals surface area contributed by atoms with Crippen molar-refractivity contribution >= 4 is 5.91 Å². The van der Waals surface area contributed by atoms with Crippen molar-refractivity contribution in [2.75, 3.05) is 6.61 Å². The van der Waals surface area contributed by atoms with Crippen molar-refractivity contribution in [3.63, 3.8) is 0 Å². The molecule has 0 aliphatic carbocycles. The van der Waals surface area contributed by atoms with E-state index in [2.05, 4.69) is 31.3 Å². The molecule has 4 N–H and O–H groups in total. The molecule has 0 aromatic heterocycles. The summed E-state index contributed by atoms with van der Waals surface area (Å²) in [6, 6.07) is -0.817. The van der Waals surface area contributed by atoms with Crippen LogP contribution in [-0.2, 0) is 4.79 Å². The van der Waals surface area contributed by atoms with Gasteiger partial charge in [-0.15, -0.1) is 0 Å². The van der Waals surface area contributed by atoms with Crippen molar-refractivity contribution in [2.24, 2.45) is 0 Å². The highest BCUT2D eigenvalue weighted by molar-refractivity contribution is 5.76. The fourth-order valence-corrected chi connectivity index (χ4v) is 4.98. The molecule has 0 saturated carbocycles. The van der Waals surface area contributed by atoms with Crippen molar-refractivity contribution in [1.82, 2.24) is 5.32 Å². The van der Waals surface area contributed by atoms with E-state index < -0.39 is 18.2 Å². The topological polar surface area (TPSA) is 89.8 Å². The number of carbonyl (C=O) groups excluding carboxylic acids is 1. The van der Waals surface area contributed by atoms with Gasteiger partial charge >= 0.3 is 0 Å². The van der Waals surface area contributed by atoms with Gasteiger partial charge in [0.25, 0.3) is 0 Å². The lowest BCUT2D eigenvalue weighted by molar-refractivity contribution is -0.124. The van der Waals surface area contributed by atoms with Crippen LogP contribution in [-0.4, -0.2) is 46.1 Å². The molecule has 5 nitrogen and oxygen atoms in total. The van der Waals surface area contributed by atoms with Gasteiger partial charge in [-0.25, -0.2) is 0 Å². The number of amides is 1. The van der Waals surface area contributed by atoms with Crippen LogP contribution < -0.4 is 5.32 Å². The molecule has 0 heterocycles. The lowest BCUT2D eigenvalue weighted by atomic mass is 10.0. The van der Waals surface area contributed by atoms with Gasteiger partial charge in [-0.1, -0.05) is 135 Å². The van der Waals surface area contributed by atoms with Crippen molar-refractivity contribution in [3.8, 4) is 0 Å². The van der Waals surface area contributed by atoms with Gasteiger partial charge < -0.3 is 20.6 Å². The van der Waals surface area contributed by atoms with Gasteiger partial charge in [0, 0.05) is 6.42 Å². The van der Waals surface area contributed by atoms with Gasteiger partial charge in [0.05, 0.1) is 18.8 Å². The van der Waals surface area contributed by atoms with Gasteiger partial charge in [-0.05, 0) is 38.5 Å². The van der Waals surface area contributed by atoms with Crippen molar-refractivity contribution in [2.45, 2.75) is 186 Å². The van der Waals surface area contributed by atoms with E-state index in [0.717, 1.165) is 38.5 Å². The molecule has 226 valence electrons. The maximum absolute atomic E-state index is 12.3. The lowest BCUT2D eigenvalue weighted by Crippen LogP contribution is -2.50. The third kappa shape index (κ3) is 24.2. The minimum atomic E-state index is -1.15. The van der Waals surface area contributed by atoms with Crippen LogP contribution in [0, 0.1) is 0 Å². The second-order valence-corrected chi connectivity index (χ2v) is 11.4. The molecule has 0 spiro atoms. The predicted molar refractivity (Wildman–Crippen MR) is 162 cm³/mol. The van der Waals surface area contributed by atoms with Crippen LogP contribution >= 0.6 is 0 Å². The average Bonchev–Trinajstić information content (AvgIpc) is 2.92. The van der Waals surface area contributed by atoms with Crippen LogP contribution in [0.5, 0.6) is 0 Å². The Balaban J connectivity index is 3.72. The Labute approximate surface area is 236 Å². The second kappa shape index (κ2) is 29.1. The fraction of sp³-hybridized carbons (Fsp3) is 0.909. The summed E-state index contributed by atoms with van der Waals surface area (Å²) >= 11 is 0. The fourth-order valence-electron chi connectivity index (χ4n) is 4.98. The normalized spacial score (nSPS) is 14.1. The van der Waals surface area contributed by atoms with Gasteiger partial charge in [0.1, 0.15) is 6.10 Å². The summed E-state index contributed by atoms with van der Waals surface area (Å²) in [7, 11) is 0. The van der Waals surface area contributed by atoms with E-state index in [1.165, 1.54) is 103 Å². The zero-order chi connectivity index (χ0) is 28.1. The number of carbonyl (C=O) groups is 1. The molecule has 0 aliphatic rings. The molecule has 0 aromatic rings. The summed E-state index contributed by atoms with van der Waals surface area (Å²) in [5, 5.41) is 33.1. The van der Waals surface area contributed by atoms with Gasteiger partial charge in [0.15, 0.2) is 0 Å². The standard InChI is InChI=1S/C33H65NO4/c1-3-5-7-9-11-13-14-15-16-17-18-20-22-24-26-28-32(37)34-30(29-35)33(38)31(36)27-25-23-21-19-12-10-8-6-4-2/h19,21,30-31,33,35-36,38H,3-18,20,22-29H2,1-2H3,(H,34,37)/b21-19+. The molecule has 0 bridgehead atoms. The zero-order valence-corrected chi connectivity index (χ0v) is 25.3. The highest BCUT2D eigenvalue weighted by atomic mass is 16.3. The summed E-state index contributed by atoms with van der Waals surface area (Å²) in [5.74, 6) is -0.156. The van der Waals surface area contributed by atoms with Crippen LogP contribution in [0.25, 0.3) is 0 Å². The van der Waals surface area contributed by atoms with Crippen LogP contribution in [0.3, 0.4) is 0 Å². The Morgan fingerprint density at radius 3 is 1.53 bits per heavy atom. The van der Waals surface area contributed by atoms with E-state index in [1.807, 2.05) is 0 Å². The molecule has 3 unspecified atom stereocenters. The molecule has 0 rings (SSSR count). The quantitative estimate of drug-likeness (QED) is 0.0570. The SMILES string of the molecule is CCCCCC/C=C/CCCC(O)C(O)C(CO)NC(=O)CCCCCCCCCCCCCCCCC. The second-order valence-electron chi connectivity index (χ2n) is 11.4. The van der Waals surface area contributed by atoms with Crippen LogP contribution in [0.1, 0.15) is 168 Å². The Hall–Kier alpha value is -0.910. The number of unbranched alkanes of at least 4 members (excludes halogenated alkanes) is 19. The number of hydrogen-bond donors (Lipinski definition) is 4. The zero-order valence-electron chi connectivity index (χ0n) is 25.3. The summed E-state index contributed by atoms with van der Waals surface area (Å²) in [6.45, 7) is 4.10. The number of nitrogens with one attached hydrogen (secondary N) is 1. The molecular weight excluding hydrogens is 474 g/mol. The molecule has 5 heteroatoms. The third-order valence-electron chi connectivity index (χ3n) is 7.62. The highest BCUT2D eigenvalue weighted by Gasteiger charge is 2.26. The van der Waals surface area contributed by atoms with Gasteiger partial charge in [0.2, 0.25) is 5.91 Å². The first-order chi connectivity index (χ1) is 18.6. The van der Waals surface area contributed by atoms with E-state index in [9.17, 15) is 20.1 Å². The highest BCUT2D eigenvalue weighted by Crippen LogP contribution is 2.14. The number of aliphatic hydroxyl groups excluding tert-OH is 3. The maximum atomic E-state index is 12.3. The number of hydrogen-bond acceptors (Lipinski definition) is 4. The molecule has 0 fully saturated rings. The summed E-state index contributed by atoms with van der Waals surface area (Å²) in [6.07, 6.45) is 30.2. The Morgan fingerprint density at radius 1 is 0.632 bits per heavy atom. The Morgan fingerprint density at radius 2 is 1.05 bits per heavy atom. The van der Waals surface area contributed by atoms with Crippen molar-refractivity contribution in [3.05, 3.63) is 12.2 Å². The van der Waals surface area contributed by atoms with E-state index in [-0.39, 0.29) is 12.5 Å². The Kier molecular flexibility index (Phi) is 28.4. The first-order valence-corrected chi connectivity index (χ1v) is 16.5. The molecule has 0 saturated heterocycles. The molecule has 0 aliphatic heterocycles. The number of aliphatic hydroxyl groups is 3. The van der Waals surface area contributed by atoms with Crippen LogP contribution in [0.4, 0.5) is 0 Å². The molecule has 38 heavy (non-hydrogen) atoms. The molecule has 3 atom stereocenters. The van der Waals surface area contributed by atoms with E-state index >= 15 is 0 Å². The summed E-state index contributed by atoms with van der Waals surface area (Å²) in [5.41, 5.74) is 0. The van der Waals surface area contributed by atoms with Crippen LogP contribution in [0.2, 0.25) is 0 Å².